The highest BCUT2D eigenvalue weighted by molar-refractivity contribution is 5.76. The molecule has 1 aliphatic heterocycles. The average Bonchev–Trinajstić information content (AvgIpc) is 2.99. The van der Waals surface area contributed by atoms with Crippen LogP contribution in [0.15, 0.2) is 35.1 Å². The minimum atomic E-state index is 0.226. The van der Waals surface area contributed by atoms with Crippen molar-refractivity contribution in [1.82, 2.24) is 19.9 Å². The zero-order valence-corrected chi connectivity index (χ0v) is 13.4. The van der Waals surface area contributed by atoms with Crippen molar-refractivity contribution in [3.8, 4) is 0 Å². The van der Waals surface area contributed by atoms with Crippen molar-refractivity contribution in [2.75, 3.05) is 26.2 Å². The molecule has 6 nitrogen and oxygen atoms in total. The number of nitrogens with zero attached hydrogens (tertiary/aromatic N) is 4. The fourth-order valence-corrected chi connectivity index (χ4v) is 2.82. The lowest BCUT2D eigenvalue weighted by atomic mass is 10.1. The Morgan fingerprint density at radius 1 is 1.30 bits per heavy atom. The molecule has 0 radical (unpaired) electrons. The Morgan fingerprint density at radius 3 is 2.78 bits per heavy atom. The van der Waals surface area contributed by atoms with Crippen LogP contribution in [0.5, 0.6) is 0 Å². The normalized spacial score (nSPS) is 15.8. The highest BCUT2D eigenvalue weighted by atomic mass is 16.5. The standard InChI is InChI=1S/C17H22N4O2/c1-14-11-16(23-19-14)13-20-7-9-21(10-8-20)17(22)5-4-15-3-2-6-18-12-15/h2-3,6,11-12H,4-5,7-10,13H2,1H3. The number of aryl methyl sites for hydroxylation is 2. The number of amides is 1. The molecule has 0 bridgehead atoms. The zero-order valence-electron chi connectivity index (χ0n) is 13.4. The molecule has 3 rings (SSSR count). The number of rotatable bonds is 5. The van der Waals surface area contributed by atoms with Crippen molar-refractivity contribution in [3.05, 3.63) is 47.6 Å². The van der Waals surface area contributed by atoms with E-state index >= 15 is 0 Å². The molecule has 0 atom stereocenters. The molecule has 3 heterocycles. The third-order valence-corrected chi connectivity index (χ3v) is 4.13. The first-order chi connectivity index (χ1) is 11.2. The number of hydrogen-bond donors (Lipinski definition) is 0. The topological polar surface area (TPSA) is 62.5 Å². The maximum absolute atomic E-state index is 12.3. The molecule has 122 valence electrons. The number of hydrogen-bond acceptors (Lipinski definition) is 5. The molecule has 23 heavy (non-hydrogen) atoms. The van der Waals surface area contributed by atoms with Gasteiger partial charge in [-0.1, -0.05) is 11.2 Å². The summed E-state index contributed by atoms with van der Waals surface area (Å²) in [6.07, 6.45) is 4.88. The number of carbonyl (C=O) groups is 1. The van der Waals surface area contributed by atoms with Crippen molar-refractivity contribution in [2.45, 2.75) is 26.3 Å². The van der Waals surface area contributed by atoms with Crippen LogP contribution in [0.2, 0.25) is 0 Å². The maximum atomic E-state index is 12.3. The highest BCUT2D eigenvalue weighted by Crippen LogP contribution is 2.11. The van der Waals surface area contributed by atoms with E-state index in [2.05, 4.69) is 15.0 Å². The lowest BCUT2D eigenvalue weighted by Gasteiger charge is -2.34. The predicted octanol–water partition coefficient (Wildman–Crippen LogP) is 1.66. The molecule has 6 heteroatoms. The van der Waals surface area contributed by atoms with Gasteiger partial charge in [0.2, 0.25) is 5.91 Å². The number of carbonyl (C=O) groups excluding carboxylic acids is 1. The van der Waals surface area contributed by atoms with Crippen LogP contribution in [-0.4, -0.2) is 52.0 Å². The Hall–Kier alpha value is -2.21. The summed E-state index contributed by atoms with van der Waals surface area (Å²) in [7, 11) is 0. The van der Waals surface area contributed by atoms with Gasteiger partial charge in [0, 0.05) is 51.1 Å². The van der Waals surface area contributed by atoms with E-state index in [1.807, 2.05) is 36.2 Å². The molecular formula is C17H22N4O2. The van der Waals surface area contributed by atoms with E-state index in [1.54, 1.807) is 6.20 Å². The van der Waals surface area contributed by atoms with E-state index in [9.17, 15) is 4.79 Å². The monoisotopic (exact) mass is 314 g/mol. The zero-order chi connectivity index (χ0) is 16.1. The van der Waals surface area contributed by atoms with Crippen molar-refractivity contribution in [1.29, 1.82) is 0 Å². The predicted molar refractivity (Wildman–Crippen MR) is 85.7 cm³/mol. The first kappa shape index (κ1) is 15.7. The second kappa shape index (κ2) is 7.37. The van der Waals surface area contributed by atoms with Gasteiger partial charge in [-0.2, -0.15) is 0 Å². The third kappa shape index (κ3) is 4.39. The first-order valence-corrected chi connectivity index (χ1v) is 8.02. The molecule has 0 spiro atoms. The molecule has 1 saturated heterocycles. The molecular weight excluding hydrogens is 292 g/mol. The molecule has 1 amide bonds. The Morgan fingerprint density at radius 2 is 2.13 bits per heavy atom. The quantitative estimate of drug-likeness (QED) is 0.840. The van der Waals surface area contributed by atoms with Gasteiger partial charge >= 0.3 is 0 Å². The summed E-state index contributed by atoms with van der Waals surface area (Å²) < 4.78 is 5.25. The molecule has 2 aromatic rings. The Labute approximate surface area is 136 Å². The van der Waals surface area contributed by atoms with Crippen molar-refractivity contribution in [3.63, 3.8) is 0 Å². The summed E-state index contributed by atoms with van der Waals surface area (Å²) in [4.78, 5) is 20.6. The van der Waals surface area contributed by atoms with E-state index in [1.165, 1.54) is 0 Å². The minimum Gasteiger partial charge on any atom is -0.360 e. The molecule has 0 saturated carbocycles. The second-order valence-electron chi connectivity index (χ2n) is 5.95. The molecule has 0 unspecified atom stereocenters. The summed E-state index contributed by atoms with van der Waals surface area (Å²) >= 11 is 0. The Bertz CT molecular complexity index is 633. The first-order valence-electron chi connectivity index (χ1n) is 8.02. The molecule has 1 fully saturated rings. The SMILES string of the molecule is Cc1cc(CN2CCN(C(=O)CCc3cccnc3)CC2)on1. The summed E-state index contributed by atoms with van der Waals surface area (Å²) in [5.74, 6) is 1.11. The van der Waals surface area contributed by atoms with Gasteiger partial charge in [0.05, 0.1) is 12.2 Å². The Kier molecular flexibility index (Phi) is 5.02. The number of aromatic nitrogens is 2. The van der Waals surface area contributed by atoms with Gasteiger partial charge in [0.1, 0.15) is 0 Å². The summed E-state index contributed by atoms with van der Waals surface area (Å²) in [5.41, 5.74) is 2.02. The fourth-order valence-electron chi connectivity index (χ4n) is 2.82. The lowest BCUT2D eigenvalue weighted by molar-refractivity contribution is -0.133. The lowest BCUT2D eigenvalue weighted by Crippen LogP contribution is -2.48. The van der Waals surface area contributed by atoms with Gasteiger partial charge in [0.15, 0.2) is 5.76 Å². The van der Waals surface area contributed by atoms with Crippen LogP contribution in [0.4, 0.5) is 0 Å². The van der Waals surface area contributed by atoms with Crippen LogP contribution in [0, 0.1) is 6.92 Å². The van der Waals surface area contributed by atoms with Crippen LogP contribution < -0.4 is 0 Å². The smallest absolute Gasteiger partial charge is 0.222 e. The van der Waals surface area contributed by atoms with Gasteiger partial charge in [-0.15, -0.1) is 0 Å². The largest absolute Gasteiger partial charge is 0.360 e. The summed E-state index contributed by atoms with van der Waals surface area (Å²) in [5, 5.41) is 3.91. The van der Waals surface area contributed by atoms with E-state index < -0.39 is 0 Å². The van der Waals surface area contributed by atoms with E-state index in [4.69, 9.17) is 4.52 Å². The molecule has 0 aliphatic carbocycles. The van der Waals surface area contributed by atoms with E-state index in [0.717, 1.165) is 56.2 Å². The summed E-state index contributed by atoms with van der Waals surface area (Å²) in [6, 6.07) is 5.88. The molecule has 0 aromatic carbocycles. The fraction of sp³-hybridized carbons (Fsp3) is 0.471. The molecule has 2 aromatic heterocycles. The van der Waals surface area contributed by atoms with Crippen LogP contribution in [0.25, 0.3) is 0 Å². The van der Waals surface area contributed by atoms with Gasteiger partial charge in [-0.05, 0) is 25.0 Å². The van der Waals surface area contributed by atoms with Gasteiger partial charge in [-0.25, -0.2) is 0 Å². The number of piperazine rings is 1. The van der Waals surface area contributed by atoms with Crippen LogP contribution in [0.1, 0.15) is 23.4 Å². The third-order valence-electron chi connectivity index (χ3n) is 4.13. The van der Waals surface area contributed by atoms with Gasteiger partial charge < -0.3 is 9.42 Å². The van der Waals surface area contributed by atoms with Crippen LogP contribution >= 0.6 is 0 Å². The van der Waals surface area contributed by atoms with Crippen molar-refractivity contribution in [2.24, 2.45) is 0 Å². The van der Waals surface area contributed by atoms with E-state index in [-0.39, 0.29) is 5.91 Å². The van der Waals surface area contributed by atoms with Crippen molar-refractivity contribution < 1.29 is 9.32 Å². The highest BCUT2D eigenvalue weighted by Gasteiger charge is 2.21. The molecule has 1 aliphatic rings. The van der Waals surface area contributed by atoms with Crippen molar-refractivity contribution >= 4 is 5.91 Å². The second-order valence-corrected chi connectivity index (χ2v) is 5.95. The summed E-state index contributed by atoms with van der Waals surface area (Å²) in [6.45, 7) is 5.99. The van der Waals surface area contributed by atoms with Crippen LogP contribution in [-0.2, 0) is 17.8 Å². The van der Waals surface area contributed by atoms with Gasteiger partial charge in [0.25, 0.3) is 0 Å². The average molecular weight is 314 g/mol. The van der Waals surface area contributed by atoms with E-state index in [0.29, 0.717) is 6.42 Å². The van der Waals surface area contributed by atoms with Crippen LogP contribution in [0.3, 0.4) is 0 Å². The number of pyridine rings is 1. The maximum Gasteiger partial charge on any atom is 0.222 e. The minimum absolute atomic E-state index is 0.226. The molecule has 0 N–H and O–H groups in total. The van der Waals surface area contributed by atoms with Gasteiger partial charge in [-0.3, -0.25) is 14.7 Å². The Balaban J connectivity index is 1.42.